The van der Waals surface area contributed by atoms with Gasteiger partial charge in [0.15, 0.2) is 0 Å². The van der Waals surface area contributed by atoms with Crippen molar-refractivity contribution >= 4 is 52.3 Å². The van der Waals surface area contributed by atoms with Gasteiger partial charge >= 0.3 is 41.2 Å². The first-order valence-corrected chi connectivity index (χ1v) is 9.27. The number of aromatic hydroxyl groups is 1. The molecule has 7 heteroatoms. The minimum atomic E-state index is -0.615. The summed E-state index contributed by atoms with van der Waals surface area (Å²) >= 11 is 0. The van der Waals surface area contributed by atoms with Crippen LogP contribution < -0.4 is 5.63 Å². The van der Waals surface area contributed by atoms with Gasteiger partial charge in [-0.15, -0.1) is 0 Å². The van der Waals surface area contributed by atoms with Crippen LogP contribution >= 0.6 is 0 Å². The molecular weight excluding hydrogens is 395 g/mol. The van der Waals surface area contributed by atoms with Crippen molar-refractivity contribution in [3.63, 3.8) is 0 Å². The summed E-state index contributed by atoms with van der Waals surface area (Å²) < 4.78 is 9.73. The van der Waals surface area contributed by atoms with Crippen LogP contribution in [-0.2, 0) is 14.3 Å². The van der Waals surface area contributed by atoms with Crippen molar-refractivity contribution in [2.75, 3.05) is 6.61 Å². The fourth-order valence-corrected chi connectivity index (χ4v) is 3.02. The minimum absolute atomic E-state index is 0. The van der Waals surface area contributed by atoms with Gasteiger partial charge in [-0.3, -0.25) is 9.59 Å². The Labute approximate surface area is 197 Å². The SMILES string of the molecule is CC(=O)CC(c1ccccc1)c1c(O)c2ccccc2oc1=O.CCOC(C)=O.[NaH]. The van der Waals surface area contributed by atoms with Crippen LogP contribution in [0.5, 0.6) is 5.75 Å². The zero-order chi connectivity index (χ0) is 21.4. The second kappa shape index (κ2) is 12.3. The van der Waals surface area contributed by atoms with Crippen LogP contribution in [-0.4, -0.2) is 53.0 Å². The number of esters is 1. The summed E-state index contributed by atoms with van der Waals surface area (Å²) in [6.45, 7) is 5.12. The number of para-hydroxylation sites is 1. The third-order valence-electron chi connectivity index (χ3n) is 4.21. The third-order valence-corrected chi connectivity index (χ3v) is 4.21. The van der Waals surface area contributed by atoms with Gasteiger partial charge in [-0.05, 0) is 31.5 Å². The van der Waals surface area contributed by atoms with Crippen LogP contribution in [0.3, 0.4) is 0 Å². The Balaban J connectivity index is 0.000000567. The van der Waals surface area contributed by atoms with E-state index in [4.69, 9.17) is 4.42 Å². The van der Waals surface area contributed by atoms with Gasteiger partial charge in [-0.1, -0.05) is 42.5 Å². The quantitative estimate of drug-likeness (QED) is 0.386. The fourth-order valence-electron chi connectivity index (χ4n) is 3.02. The summed E-state index contributed by atoms with van der Waals surface area (Å²) in [5, 5.41) is 11.1. The summed E-state index contributed by atoms with van der Waals surface area (Å²) in [5.74, 6) is -0.926. The predicted molar refractivity (Wildman–Crippen MR) is 117 cm³/mol. The molecule has 1 aromatic heterocycles. The molecule has 2 aromatic carbocycles. The van der Waals surface area contributed by atoms with E-state index in [0.717, 1.165) is 5.56 Å². The maximum atomic E-state index is 12.4. The van der Waals surface area contributed by atoms with Crippen LogP contribution in [0.1, 0.15) is 44.2 Å². The van der Waals surface area contributed by atoms with Crippen molar-refractivity contribution < 1.29 is 23.8 Å². The number of ketones is 1. The molecule has 0 aliphatic rings. The molecule has 0 spiro atoms. The van der Waals surface area contributed by atoms with Gasteiger partial charge in [0.25, 0.3) is 0 Å². The van der Waals surface area contributed by atoms with Gasteiger partial charge < -0.3 is 14.3 Å². The predicted octanol–water partition coefficient (Wildman–Crippen LogP) is 3.53. The van der Waals surface area contributed by atoms with Crippen molar-refractivity contribution in [3.05, 3.63) is 76.1 Å². The van der Waals surface area contributed by atoms with Crippen molar-refractivity contribution in [2.45, 2.75) is 33.1 Å². The monoisotopic (exact) mass is 420 g/mol. The molecule has 0 aliphatic carbocycles. The number of ether oxygens (including phenoxy) is 1. The molecule has 1 N–H and O–H groups in total. The van der Waals surface area contributed by atoms with E-state index in [0.29, 0.717) is 17.6 Å². The number of rotatable bonds is 5. The van der Waals surface area contributed by atoms with Gasteiger partial charge in [-0.2, -0.15) is 0 Å². The first-order valence-electron chi connectivity index (χ1n) is 9.27. The summed E-state index contributed by atoms with van der Waals surface area (Å²) in [5.41, 5.74) is 0.635. The van der Waals surface area contributed by atoms with Gasteiger partial charge in [-0.25, -0.2) is 4.79 Å². The Morgan fingerprint density at radius 3 is 2.17 bits per heavy atom. The second-order valence-electron chi connectivity index (χ2n) is 6.44. The van der Waals surface area contributed by atoms with Crippen molar-refractivity contribution in [3.8, 4) is 5.75 Å². The molecule has 0 fully saturated rings. The Bertz CT molecular complexity index is 1040. The van der Waals surface area contributed by atoms with Crippen LogP contribution in [0.25, 0.3) is 11.0 Å². The van der Waals surface area contributed by atoms with E-state index < -0.39 is 11.5 Å². The topological polar surface area (TPSA) is 93.8 Å². The summed E-state index contributed by atoms with van der Waals surface area (Å²) in [4.78, 5) is 33.9. The number of benzene rings is 2. The van der Waals surface area contributed by atoms with E-state index in [1.807, 2.05) is 30.3 Å². The molecule has 0 bridgehead atoms. The molecule has 0 saturated heterocycles. The van der Waals surface area contributed by atoms with Crippen molar-refractivity contribution in [1.29, 1.82) is 0 Å². The molecule has 3 rings (SSSR count). The van der Waals surface area contributed by atoms with Gasteiger partial charge in [0, 0.05) is 19.3 Å². The molecular formula is C23H25NaO6. The first kappa shape index (κ1) is 25.6. The molecule has 6 nitrogen and oxygen atoms in total. The number of fused-ring (bicyclic) bond motifs is 1. The molecule has 0 amide bonds. The number of hydrogen-bond donors (Lipinski definition) is 1. The second-order valence-corrected chi connectivity index (χ2v) is 6.44. The van der Waals surface area contributed by atoms with Crippen LogP contribution in [0, 0.1) is 0 Å². The molecule has 1 heterocycles. The Hall–Kier alpha value is -2.41. The van der Waals surface area contributed by atoms with E-state index in [2.05, 4.69) is 4.74 Å². The van der Waals surface area contributed by atoms with E-state index in [1.165, 1.54) is 13.8 Å². The third kappa shape index (κ3) is 6.83. The Morgan fingerprint density at radius 2 is 1.63 bits per heavy atom. The van der Waals surface area contributed by atoms with Gasteiger partial charge in [0.2, 0.25) is 0 Å². The summed E-state index contributed by atoms with van der Waals surface area (Å²) in [6.07, 6.45) is 0.126. The Morgan fingerprint density at radius 1 is 1.03 bits per heavy atom. The zero-order valence-electron chi connectivity index (χ0n) is 16.7. The molecule has 0 aliphatic heterocycles. The van der Waals surface area contributed by atoms with Crippen LogP contribution in [0.2, 0.25) is 0 Å². The zero-order valence-corrected chi connectivity index (χ0v) is 16.7. The molecule has 3 aromatic rings. The molecule has 0 saturated carbocycles. The molecule has 1 unspecified atom stereocenters. The molecule has 154 valence electrons. The maximum absolute atomic E-state index is 12.4. The van der Waals surface area contributed by atoms with Crippen LogP contribution in [0.15, 0.2) is 63.8 Å². The van der Waals surface area contributed by atoms with E-state index in [9.17, 15) is 19.5 Å². The number of Topliss-reactive ketones (excluding diaryl/α,β-unsaturated/α-hetero) is 1. The standard InChI is InChI=1S/C19H16O4.C4H8O2.Na.H/c1-12(20)11-15(13-7-3-2-4-8-13)17-18(21)14-9-5-6-10-16(14)23-19(17)22;1-3-6-4(2)5;;/h2-10,15,21H,11H2,1H3;3H2,1-2H3;;. The fraction of sp³-hybridized carbons (Fsp3) is 0.261. The number of carbonyl (C=O) groups is 2. The average molecular weight is 420 g/mol. The number of hydrogen-bond acceptors (Lipinski definition) is 6. The first-order chi connectivity index (χ1) is 13.8. The van der Waals surface area contributed by atoms with Crippen LogP contribution in [0.4, 0.5) is 0 Å². The van der Waals surface area contributed by atoms with Crippen molar-refractivity contribution in [2.24, 2.45) is 0 Å². The number of carbonyl (C=O) groups excluding carboxylic acids is 2. The molecule has 1 atom stereocenters. The van der Waals surface area contributed by atoms with E-state index in [1.54, 1.807) is 31.2 Å². The van der Waals surface area contributed by atoms with Crippen molar-refractivity contribution in [1.82, 2.24) is 0 Å². The van der Waals surface area contributed by atoms with E-state index in [-0.39, 0.29) is 59.0 Å². The van der Waals surface area contributed by atoms with Gasteiger partial charge in [0.05, 0.1) is 17.6 Å². The summed E-state index contributed by atoms with van der Waals surface area (Å²) in [7, 11) is 0. The molecule has 30 heavy (non-hydrogen) atoms. The van der Waals surface area contributed by atoms with E-state index >= 15 is 0 Å². The van der Waals surface area contributed by atoms with Gasteiger partial charge in [0.1, 0.15) is 17.1 Å². The normalized spacial score (nSPS) is 10.9. The Kier molecular flexibility index (Phi) is 10.5. The molecule has 0 radical (unpaired) electrons. The summed E-state index contributed by atoms with van der Waals surface area (Å²) in [6, 6.07) is 16.0. The average Bonchev–Trinajstić information content (AvgIpc) is 2.68.